The summed E-state index contributed by atoms with van der Waals surface area (Å²) in [4.78, 5) is 23.2. The second kappa shape index (κ2) is 6.11. The lowest BCUT2D eigenvalue weighted by Crippen LogP contribution is -2.17. The van der Waals surface area contributed by atoms with Gasteiger partial charge >= 0.3 is 0 Å². The van der Waals surface area contributed by atoms with Crippen LogP contribution in [-0.2, 0) is 0 Å². The average Bonchev–Trinajstić information content (AvgIpc) is 2.45. The molecule has 0 aromatic heterocycles. The molecule has 0 bridgehead atoms. The number of amides is 2. The van der Waals surface area contributed by atoms with Gasteiger partial charge in [0.1, 0.15) is 11.6 Å². The van der Waals surface area contributed by atoms with E-state index in [1.165, 1.54) is 19.1 Å². The van der Waals surface area contributed by atoms with E-state index in [0.29, 0.717) is 0 Å². The molecule has 2 aromatic carbocycles. The zero-order valence-corrected chi connectivity index (χ0v) is 12.2. The number of primary amides is 1. The molecule has 3 N–H and O–H groups in total. The smallest absolute Gasteiger partial charge is 0.258 e. The van der Waals surface area contributed by atoms with Crippen molar-refractivity contribution in [2.24, 2.45) is 5.73 Å². The van der Waals surface area contributed by atoms with Crippen molar-refractivity contribution in [1.29, 1.82) is 0 Å². The highest BCUT2D eigenvalue weighted by Gasteiger charge is 2.16. The van der Waals surface area contributed by atoms with Crippen LogP contribution in [0.5, 0.6) is 0 Å². The zero-order chi connectivity index (χ0) is 16.4. The highest BCUT2D eigenvalue weighted by molar-refractivity contribution is 6.31. The fraction of sp³-hybridized carbons (Fsp3) is 0.0667. The molecule has 0 heterocycles. The van der Waals surface area contributed by atoms with Crippen molar-refractivity contribution in [1.82, 2.24) is 0 Å². The number of rotatable bonds is 3. The Balaban J connectivity index is 2.40. The number of nitrogens with two attached hydrogens (primary N) is 1. The first-order valence-electron chi connectivity index (χ1n) is 6.16. The molecule has 0 fully saturated rings. The van der Waals surface area contributed by atoms with Gasteiger partial charge in [0.25, 0.3) is 5.91 Å². The van der Waals surface area contributed by atoms with Gasteiger partial charge < -0.3 is 11.1 Å². The normalized spacial score (nSPS) is 10.4. The first kappa shape index (κ1) is 15.9. The lowest BCUT2D eigenvalue weighted by atomic mass is 10.1. The number of anilines is 1. The minimum Gasteiger partial charge on any atom is -0.366 e. The minimum atomic E-state index is -0.844. The van der Waals surface area contributed by atoms with Crippen molar-refractivity contribution >= 4 is 29.1 Å². The third kappa shape index (κ3) is 3.23. The lowest BCUT2D eigenvalue weighted by Gasteiger charge is -2.11. The van der Waals surface area contributed by atoms with Crippen molar-refractivity contribution in [2.45, 2.75) is 6.92 Å². The van der Waals surface area contributed by atoms with Crippen LogP contribution in [0.4, 0.5) is 14.5 Å². The van der Waals surface area contributed by atoms with Crippen LogP contribution < -0.4 is 11.1 Å². The van der Waals surface area contributed by atoms with Crippen LogP contribution in [0.25, 0.3) is 0 Å². The summed E-state index contributed by atoms with van der Waals surface area (Å²) >= 11 is 5.72. The summed E-state index contributed by atoms with van der Waals surface area (Å²) in [6.45, 7) is 1.41. The molecule has 0 saturated heterocycles. The second-order valence-corrected chi connectivity index (χ2v) is 5.01. The number of hydrogen-bond acceptors (Lipinski definition) is 2. The Morgan fingerprint density at radius 2 is 1.82 bits per heavy atom. The predicted octanol–water partition coefficient (Wildman–Crippen LogP) is 3.28. The first-order valence-corrected chi connectivity index (χ1v) is 6.53. The summed E-state index contributed by atoms with van der Waals surface area (Å²) in [5, 5.41) is 2.53. The maximum atomic E-state index is 13.7. The van der Waals surface area contributed by atoms with E-state index in [-0.39, 0.29) is 27.4 Å². The summed E-state index contributed by atoms with van der Waals surface area (Å²) in [5.74, 6) is -3.14. The molecule has 4 nitrogen and oxygen atoms in total. The maximum Gasteiger partial charge on any atom is 0.258 e. The molecular formula is C15H11ClF2N2O2. The Morgan fingerprint density at radius 1 is 1.14 bits per heavy atom. The number of nitrogens with one attached hydrogen (secondary N) is 1. The third-order valence-corrected chi connectivity index (χ3v) is 3.29. The summed E-state index contributed by atoms with van der Waals surface area (Å²) in [6, 6.07) is 5.68. The van der Waals surface area contributed by atoms with Gasteiger partial charge in [-0.1, -0.05) is 11.6 Å². The maximum absolute atomic E-state index is 13.7. The SMILES string of the molecule is Cc1c(F)cc(C(N)=O)cc1NC(=O)c1cc(Cl)ccc1F. The monoisotopic (exact) mass is 324 g/mol. The van der Waals surface area contributed by atoms with Gasteiger partial charge in [0.15, 0.2) is 0 Å². The molecule has 2 aromatic rings. The highest BCUT2D eigenvalue weighted by Crippen LogP contribution is 2.22. The molecule has 0 radical (unpaired) electrons. The Bertz CT molecular complexity index is 778. The van der Waals surface area contributed by atoms with E-state index in [1.807, 2.05) is 0 Å². The summed E-state index contributed by atoms with van der Waals surface area (Å²) in [5.41, 5.74) is 4.81. The molecule has 7 heteroatoms. The van der Waals surface area contributed by atoms with Gasteiger partial charge in [0.05, 0.1) is 5.56 Å². The molecule has 0 spiro atoms. The summed E-state index contributed by atoms with van der Waals surface area (Å²) < 4.78 is 27.4. The van der Waals surface area contributed by atoms with Crippen LogP contribution in [0, 0.1) is 18.6 Å². The largest absolute Gasteiger partial charge is 0.366 e. The molecule has 0 aliphatic rings. The van der Waals surface area contributed by atoms with Crippen LogP contribution in [-0.4, -0.2) is 11.8 Å². The standard InChI is InChI=1S/C15H11ClF2N2O2/c1-7-12(18)4-8(14(19)21)5-13(7)20-15(22)10-6-9(16)2-3-11(10)17/h2-6H,1H3,(H2,19,21)(H,20,22). The van der Waals surface area contributed by atoms with E-state index in [9.17, 15) is 18.4 Å². The average molecular weight is 325 g/mol. The second-order valence-electron chi connectivity index (χ2n) is 4.57. The molecule has 0 aliphatic heterocycles. The van der Waals surface area contributed by atoms with Crippen molar-refractivity contribution < 1.29 is 18.4 Å². The van der Waals surface area contributed by atoms with Crippen molar-refractivity contribution in [3.63, 3.8) is 0 Å². The van der Waals surface area contributed by atoms with E-state index in [0.717, 1.165) is 18.2 Å². The molecule has 2 rings (SSSR count). The molecule has 2 amide bonds. The van der Waals surface area contributed by atoms with Gasteiger partial charge in [-0.05, 0) is 37.3 Å². The lowest BCUT2D eigenvalue weighted by molar-refractivity contribution is 0.0995. The van der Waals surface area contributed by atoms with Gasteiger partial charge in [0, 0.05) is 21.8 Å². The van der Waals surface area contributed by atoms with Crippen molar-refractivity contribution in [3.05, 3.63) is 63.7 Å². The van der Waals surface area contributed by atoms with E-state index < -0.39 is 23.4 Å². The Morgan fingerprint density at radius 3 is 2.45 bits per heavy atom. The fourth-order valence-electron chi connectivity index (χ4n) is 1.81. The molecule has 114 valence electrons. The number of hydrogen-bond donors (Lipinski definition) is 2. The fourth-order valence-corrected chi connectivity index (χ4v) is 1.98. The van der Waals surface area contributed by atoms with Crippen LogP contribution in [0.1, 0.15) is 26.3 Å². The molecule has 0 atom stereocenters. The minimum absolute atomic E-state index is 0.0261. The topological polar surface area (TPSA) is 72.2 Å². The third-order valence-electron chi connectivity index (χ3n) is 3.05. The quantitative estimate of drug-likeness (QED) is 0.909. The molecule has 22 heavy (non-hydrogen) atoms. The van der Waals surface area contributed by atoms with Gasteiger partial charge in [-0.25, -0.2) is 8.78 Å². The van der Waals surface area contributed by atoms with Gasteiger partial charge in [0.2, 0.25) is 5.91 Å². The summed E-state index contributed by atoms with van der Waals surface area (Å²) in [7, 11) is 0. The number of carbonyl (C=O) groups is 2. The molecule has 0 saturated carbocycles. The molecular weight excluding hydrogens is 314 g/mol. The zero-order valence-electron chi connectivity index (χ0n) is 11.4. The van der Waals surface area contributed by atoms with E-state index >= 15 is 0 Å². The first-order chi connectivity index (χ1) is 10.3. The number of halogens is 3. The van der Waals surface area contributed by atoms with E-state index in [4.69, 9.17) is 17.3 Å². The van der Waals surface area contributed by atoms with Crippen molar-refractivity contribution in [2.75, 3.05) is 5.32 Å². The Hall–Kier alpha value is -2.47. The Labute approximate surface area is 129 Å². The van der Waals surface area contributed by atoms with E-state index in [2.05, 4.69) is 5.32 Å². The van der Waals surface area contributed by atoms with Crippen LogP contribution in [0.3, 0.4) is 0 Å². The number of benzene rings is 2. The van der Waals surface area contributed by atoms with Crippen LogP contribution in [0.15, 0.2) is 30.3 Å². The van der Waals surface area contributed by atoms with Gasteiger partial charge in [-0.15, -0.1) is 0 Å². The summed E-state index contributed by atoms with van der Waals surface area (Å²) in [6.07, 6.45) is 0. The predicted molar refractivity (Wildman–Crippen MR) is 79.0 cm³/mol. The molecule has 0 aliphatic carbocycles. The van der Waals surface area contributed by atoms with E-state index in [1.54, 1.807) is 0 Å². The van der Waals surface area contributed by atoms with Crippen LogP contribution in [0.2, 0.25) is 5.02 Å². The van der Waals surface area contributed by atoms with Gasteiger partial charge in [-0.3, -0.25) is 9.59 Å². The van der Waals surface area contributed by atoms with Crippen LogP contribution >= 0.6 is 11.6 Å². The number of carbonyl (C=O) groups excluding carboxylic acids is 2. The Kier molecular flexibility index (Phi) is 4.42. The highest BCUT2D eigenvalue weighted by atomic mass is 35.5. The van der Waals surface area contributed by atoms with Gasteiger partial charge in [-0.2, -0.15) is 0 Å². The van der Waals surface area contributed by atoms with Crippen molar-refractivity contribution in [3.8, 4) is 0 Å². The molecule has 0 unspecified atom stereocenters.